The molecule has 0 radical (unpaired) electrons. The number of hydrogen-bond acceptors (Lipinski definition) is 4. The maximum atomic E-state index is 6.11. The molecule has 1 N–H and O–H groups in total. The fourth-order valence-corrected chi connectivity index (χ4v) is 2.41. The van der Waals surface area contributed by atoms with Crippen LogP contribution < -0.4 is 10.8 Å². The molecule has 1 aliphatic rings. The Kier molecular flexibility index (Phi) is 8.44. The molecule has 0 aliphatic carbocycles. The molecule has 1 aliphatic heterocycles. The zero-order chi connectivity index (χ0) is 18.2. The summed E-state index contributed by atoms with van der Waals surface area (Å²) >= 11 is 0. The summed E-state index contributed by atoms with van der Waals surface area (Å²) in [6.45, 7) is 14.9. The van der Waals surface area contributed by atoms with Gasteiger partial charge in [-0.15, -0.1) is 0 Å². The molecule has 24 heavy (non-hydrogen) atoms. The zero-order valence-corrected chi connectivity index (χ0v) is 16.4. The topological polar surface area (TPSA) is 39.7 Å². The third-order valence-corrected chi connectivity index (χ3v) is 4.55. The van der Waals surface area contributed by atoms with Crippen molar-refractivity contribution in [3.05, 3.63) is 29.8 Å². The van der Waals surface area contributed by atoms with Gasteiger partial charge in [0.2, 0.25) is 0 Å². The third-order valence-electron chi connectivity index (χ3n) is 4.55. The monoisotopic (exact) mass is 335 g/mol. The van der Waals surface area contributed by atoms with E-state index in [0.717, 1.165) is 31.6 Å². The molecule has 0 atom stereocenters. The number of nitrogens with one attached hydrogen (secondary N) is 1. The number of ether oxygens (including phenoxy) is 1. The largest absolute Gasteiger partial charge is 0.494 e. The fraction of sp³-hybridized carbons (Fsp3) is 0.684. The van der Waals surface area contributed by atoms with Crippen molar-refractivity contribution >= 4 is 12.6 Å². The van der Waals surface area contributed by atoms with Crippen molar-refractivity contribution in [1.29, 1.82) is 0 Å². The average Bonchev–Trinajstić information content (AvgIpc) is 2.78. The lowest BCUT2D eigenvalue weighted by atomic mass is 9.78. The van der Waals surface area contributed by atoms with Crippen molar-refractivity contribution < 1.29 is 14.0 Å². The van der Waals surface area contributed by atoms with Crippen molar-refractivity contribution in [3.8, 4) is 0 Å². The van der Waals surface area contributed by atoms with E-state index < -0.39 is 0 Å². The lowest BCUT2D eigenvalue weighted by Crippen LogP contribution is -2.41. The van der Waals surface area contributed by atoms with Crippen LogP contribution in [0.3, 0.4) is 0 Å². The van der Waals surface area contributed by atoms with Crippen LogP contribution in [0.1, 0.15) is 47.1 Å². The molecule has 5 heteroatoms. The maximum Gasteiger partial charge on any atom is 0.494 e. The number of hydrogen-bond donors (Lipinski definition) is 1. The predicted octanol–water partition coefficient (Wildman–Crippen LogP) is 2.79. The second kappa shape index (κ2) is 9.57. The van der Waals surface area contributed by atoms with Gasteiger partial charge in [0.1, 0.15) is 0 Å². The second-order valence-corrected chi connectivity index (χ2v) is 6.83. The summed E-state index contributed by atoms with van der Waals surface area (Å²) in [7, 11) is 1.43. The summed E-state index contributed by atoms with van der Waals surface area (Å²) in [4.78, 5) is 0. The lowest BCUT2D eigenvalue weighted by Gasteiger charge is -2.32. The molecule has 1 saturated heterocycles. The van der Waals surface area contributed by atoms with Crippen LogP contribution in [0.2, 0.25) is 0 Å². The van der Waals surface area contributed by atoms with E-state index in [1.165, 1.54) is 5.56 Å². The normalized spacial score (nSPS) is 18.2. The minimum Gasteiger partial charge on any atom is -0.399 e. The van der Waals surface area contributed by atoms with Crippen molar-refractivity contribution in [2.45, 2.75) is 59.2 Å². The van der Waals surface area contributed by atoms with Gasteiger partial charge in [0.05, 0.1) is 17.8 Å². The zero-order valence-electron chi connectivity index (χ0n) is 16.4. The van der Waals surface area contributed by atoms with Gasteiger partial charge in [-0.1, -0.05) is 38.1 Å². The van der Waals surface area contributed by atoms with Gasteiger partial charge in [-0.25, -0.2) is 0 Å². The Labute approximate surface area is 148 Å². The Hall–Kier alpha value is -0.875. The van der Waals surface area contributed by atoms with Gasteiger partial charge in [-0.3, -0.25) is 0 Å². The highest BCUT2D eigenvalue weighted by Crippen LogP contribution is 2.36. The first-order valence-corrected chi connectivity index (χ1v) is 9.00. The van der Waals surface area contributed by atoms with Crippen LogP contribution in [-0.2, 0) is 20.5 Å². The van der Waals surface area contributed by atoms with E-state index in [1.807, 2.05) is 13.8 Å². The Bertz CT molecular complexity index is 475. The maximum absolute atomic E-state index is 6.11. The van der Waals surface area contributed by atoms with Gasteiger partial charge in [0.15, 0.2) is 0 Å². The highest BCUT2D eigenvalue weighted by Gasteiger charge is 2.51. The van der Waals surface area contributed by atoms with Gasteiger partial charge in [0.25, 0.3) is 0 Å². The SMILES string of the molecule is CC.COCCNCCc1cccc(B2OC(C)(C)C(C)(C)O2)c1. The molecule has 0 amide bonds. The van der Waals surface area contributed by atoms with Crippen molar-refractivity contribution in [2.24, 2.45) is 0 Å². The Balaban J connectivity index is 0.00000139. The van der Waals surface area contributed by atoms with E-state index in [2.05, 4.69) is 57.3 Å². The molecule has 0 unspecified atom stereocenters. The van der Waals surface area contributed by atoms with E-state index in [-0.39, 0.29) is 18.3 Å². The minimum atomic E-state index is -0.296. The van der Waals surface area contributed by atoms with Gasteiger partial charge >= 0.3 is 7.12 Å². The Morgan fingerprint density at radius 2 is 1.67 bits per heavy atom. The third kappa shape index (κ3) is 5.59. The molecule has 136 valence electrons. The summed E-state index contributed by atoms with van der Waals surface area (Å²) in [5, 5.41) is 3.36. The summed E-state index contributed by atoms with van der Waals surface area (Å²) in [6, 6.07) is 8.47. The molecule has 1 heterocycles. The molecule has 0 spiro atoms. The highest BCUT2D eigenvalue weighted by atomic mass is 16.7. The molecule has 1 aromatic carbocycles. The van der Waals surface area contributed by atoms with Gasteiger partial charge < -0.3 is 19.4 Å². The molecule has 4 nitrogen and oxygen atoms in total. The van der Waals surface area contributed by atoms with Crippen LogP contribution in [-0.4, -0.2) is 45.1 Å². The molecular weight excluding hydrogens is 301 g/mol. The van der Waals surface area contributed by atoms with E-state index in [1.54, 1.807) is 7.11 Å². The standard InChI is InChI=1S/C17H28BNO3.C2H6/c1-16(2)17(3,4)22-18(21-16)15-8-6-7-14(13-15)9-10-19-11-12-20-5;1-2/h6-8,13,19H,9-12H2,1-5H3;1-2H3. The molecule has 0 aromatic heterocycles. The van der Waals surface area contributed by atoms with E-state index >= 15 is 0 Å². The quantitative estimate of drug-likeness (QED) is 0.614. The molecule has 1 aromatic rings. The second-order valence-electron chi connectivity index (χ2n) is 6.83. The van der Waals surface area contributed by atoms with E-state index in [4.69, 9.17) is 14.0 Å². The summed E-state index contributed by atoms with van der Waals surface area (Å²) in [5.41, 5.74) is 1.79. The Morgan fingerprint density at radius 3 is 2.25 bits per heavy atom. The van der Waals surface area contributed by atoms with Crippen LogP contribution >= 0.6 is 0 Å². The first kappa shape index (κ1) is 21.2. The fourth-order valence-electron chi connectivity index (χ4n) is 2.41. The van der Waals surface area contributed by atoms with Crippen LogP contribution in [0, 0.1) is 0 Å². The molecule has 0 bridgehead atoms. The van der Waals surface area contributed by atoms with Crippen LogP contribution in [0.25, 0.3) is 0 Å². The molecule has 0 saturated carbocycles. The van der Waals surface area contributed by atoms with Gasteiger partial charge in [-0.2, -0.15) is 0 Å². The first-order chi connectivity index (χ1) is 11.4. The molecule has 2 rings (SSSR count). The first-order valence-electron chi connectivity index (χ1n) is 9.00. The smallest absolute Gasteiger partial charge is 0.399 e. The van der Waals surface area contributed by atoms with Crippen molar-refractivity contribution in [1.82, 2.24) is 5.32 Å². The Morgan fingerprint density at radius 1 is 1.04 bits per heavy atom. The summed E-state index contributed by atoms with van der Waals surface area (Å²) < 4.78 is 17.2. The number of methoxy groups -OCH3 is 1. The number of rotatable bonds is 7. The van der Waals surface area contributed by atoms with Crippen LogP contribution in [0.15, 0.2) is 24.3 Å². The van der Waals surface area contributed by atoms with E-state index in [0.29, 0.717) is 0 Å². The molecule has 1 fully saturated rings. The van der Waals surface area contributed by atoms with Crippen LogP contribution in [0.5, 0.6) is 0 Å². The molecular formula is C19H34BNO3. The highest BCUT2D eigenvalue weighted by molar-refractivity contribution is 6.62. The minimum absolute atomic E-state index is 0.286. The lowest BCUT2D eigenvalue weighted by molar-refractivity contribution is 0.00578. The number of benzene rings is 1. The van der Waals surface area contributed by atoms with Crippen molar-refractivity contribution in [2.75, 3.05) is 26.8 Å². The average molecular weight is 335 g/mol. The van der Waals surface area contributed by atoms with Crippen LogP contribution in [0.4, 0.5) is 0 Å². The van der Waals surface area contributed by atoms with Gasteiger partial charge in [0, 0.05) is 13.7 Å². The van der Waals surface area contributed by atoms with Gasteiger partial charge in [-0.05, 0) is 51.7 Å². The predicted molar refractivity (Wildman–Crippen MR) is 102 cm³/mol. The van der Waals surface area contributed by atoms with Crippen molar-refractivity contribution in [3.63, 3.8) is 0 Å². The summed E-state index contributed by atoms with van der Waals surface area (Å²) in [5.74, 6) is 0. The van der Waals surface area contributed by atoms with E-state index in [9.17, 15) is 0 Å². The summed E-state index contributed by atoms with van der Waals surface area (Å²) in [6.07, 6.45) is 0.983.